The molecule has 2 aromatic carbocycles. The normalized spacial score (nSPS) is 12.0. The molecule has 12 nitrogen and oxygen atoms in total. The smallest absolute Gasteiger partial charge is 0.328 e. The number of carboxylic acids is 1. The Balaban J connectivity index is 1.95. The Morgan fingerprint density at radius 2 is 1.12 bits per heavy atom. The minimum atomic E-state index is -1.50. The number of hydrogen-bond donors (Lipinski definition) is 9. The van der Waals surface area contributed by atoms with Crippen LogP contribution in [-0.2, 0) is 14.4 Å². The van der Waals surface area contributed by atoms with Gasteiger partial charge < -0.3 is 46.4 Å². The van der Waals surface area contributed by atoms with Gasteiger partial charge in [-0.1, -0.05) is 0 Å². The third-order valence-corrected chi connectivity index (χ3v) is 4.13. The Labute approximate surface area is 186 Å². The molecule has 0 saturated carbocycles. The average Bonchev–Trinajstić information content (AvgIpc) is 2.75. The van der Waals surface area contributed by atoms with Crippen LogP contribution in [0.15, 0.2) is 36.4 Å². The van der Waals surface area contributed by atoms with Gasteiger partial charge in [0.15, 0.2) is 34.5 Å². The summed E-state index contributed by atoms with van der Waals surface area (Å²) in [7, 11) is 0. The Kier molecular flexibility index (Phi) is 7.72. The van der Waals surface area contributed by atoms with E-state index in [1.54, 1.807) is 0 Å². The highest BCUT2D eigenvalue weighted by Gasteiger charge is 2.19. The van der Waals surface area contributed by atoms with Crippen molar-refractivity contribution in [3.05, 3.63) is 47.5 Å². The first-order valence-corrected chi connectivity index (χ1v) is 9.15. The minimum Gasteiger partial charge on any atom is -0.504 e. The lowest BCUT2D eigenvalue weighted by atomic mass is 10.1. The van der Waals surface area contributed by atoms with Crippen LogP contribution in [-0.4, -0.2) is 66.1 Å². The van der Waals surface area contributed by atoms with Gasteiger partial charge in [-0.2, -0.15) is 0 Å². The van der Waals surface area contributed by atoms with Crippen molar-refractivity contribution < 1.29 is 50.1 Å². The molecule has 174 valence electrons. The van der Waals surface area contributed by atoms with Crippen molar-refractivity contribution in [2.24, 2.45) is 0 Å². The van der Waals surface area contributed by atoms with Crippen molar-refractivity contribution in [3.8, 4) is 34.5 Å². The maximum atomic E-state index is 12.0. The minimum absolute atomic E-state index is 0.148. The predicted molar refractivity (Wildman–Crippen MR) is 114 cm³/mol. The highest BCUT2D eigenvalue weighted by atomic mass is 16.4. The maximum Gasteiger partial charge on any atom is 0.328 e. The van der Waals surface area contributed by atoms with E-state index >= 15 is 0 Å². The summed E-state index contributed by atoms with van der Waals surface area (Å²) in [6.07, 6.45) is 4.24. The SMILES string of the molecule is O=C(/C=C/c1cc(O)c(O)c(O)c1)NC[C@H](NC(=O)/C=C/c1cc(O)c(O)c(O)c1)C(=O)O. The number of amides is 2. The first-order chi connectivity index (χ1) is 15.5. The summed E-state index contributed by atoms with van der Waals surface area (Å²) in [4.78, 5) is 35.2. The number of carbonyl (C=O) groups is 3. The number of nitrogens with one attached hydrogen (secondary N) is 2. The second-order valence-electron chi connectivity index (χ2n) is 6.63. The molecule has 0 spiro atoms. The van der Waals surface area contributed by atoms with Gasteiger partial charge in [-0.15, -0.1) is 0 Å². The van der Waals surface area contributed by atoms with Crippen LogP contribution >= 0.6 is 0 Å². The maximum absolute atomic E-state index is 12.0. The fourth-order valence-electron chi connectivity index (χ4n) is 2.47. The Bertz CT molecular complexity index is 1090. The van der Waals surface area contributed by atoms with E-state index in [1.165, 1.54) is 6.08 Å². The van der Waals surface area contributed by atoms with E-state index in [-0.39, 0.29) is 11.1 Å². The van der Waals surface area contributed by atoms with Crippen LogP contribution in [0.1, 0.15) is 11.1 Å². The van der Waals surface area contributed by atoms with Gasteiger partial charge in [-0.3, -0.25) is 9.59 Å². The van der Waals surface area contributed by atoms with Crippen molar-refractivity contribution in [1.29, 1.82) is 0 Å². The van der Waals surface area contributed by atoms with Gasteiger partial charge in [0, 0.05) is 18.7 Å². The molecule has 33 heavy (non-hydrogen) atoms. The molecule has 0 heterocycles. The first kappa shape index (κ1) is 24.4. The van der Waals surface area contributed by atoms with Crippen LogP contribution in [0.5, 0.6) is 34.5 Å². The molecule has 0 radical (unpaired) electrons. The highest BCUT2D eigenvalue weighted by molar-refractivity contribution is 5.95. The molecule has 0 aromatic heterocycles. The van der Waals surface area contributed by atoms with Gasteiger partial charge in [0.25, 0.3) is 0 Å². The van der Waals surface area contributed by atoms with Crippen LogP contribution in [0.2, 0.25) is 0 Å². The van der Waals surface area contributed by atoms with Gasteiger partial charge in [0.05, 0.1) is 0 Å². The fraction of sp³-hybridized carbons (Fsp3) is 0.0952. The Morgan fingerprint density at radius 3 is 1.52 bits per heavy atom. The van der Waals surface area contributed by atoms with Crippen LogP contribution in [0, 0.1) is 0 Å². The molecular formula is C21H20N2O10. The molecular weight excluding hydrogens is 440 g/mol. The largest absolute Gasteiger partial charge is 0.504 e. The van der Waals surface area contributed by atoms with Crippen LogP contribution in [0.25, 0.3) is 12.2 Å². The second kappa shape index (κ2) is 10.4. The zero-order chi connectivity index (χ0) is 24.7. The van der Waals surface area contributed by atoms with E-state index in [0.29, 0.717) is 0 Å². The summed E-state index contributed by atoms with van der Waals surface area (Å²) in [6.45, 7) is -0.481. The number of hydrogen-bond acceptors (Lipinski definition) is 9. The van der Waals surface area contributed by atoms with E-state index in [0.717, 1.165) is 42.5 Å². The zero-order valence-corrected chi connectivity index (χ0v) is 16.8. The quantitative estimate of drug-likeness (QED) is 0.194. The lowest BCUT2D eigenvalue weighted by Crippen LogP contribution is -2.47. The summed E-state index contributed by atoms with van der Waals surface area (Å²) in [5.74, 6) is -6.92. The lowest BCUT2D eigenvalue weighted by molar-refractivity contribution is -0.141. The Morgan fingerprint density at radius 1 is 0.727 bits per heavy atom. The van der Waals surface area contributed by atoms with Crippen molar-refractivity contribution in [2.75, 3.05) is 6.54 Å². The number of phenols is 6. The standard InChI is InChI=1S/C21H20N2O10/c24-13-5-10(6-14(25)19(13)30)1-3-17(28)22-9-12(21(32)33)23-18(29)4-2-11-7-15(26)20(31)16(27)8-11/h1-8,12,24-27,30-31H,9H2,(H,22,28)(H,23,29)(H,32,33)/b3-1+,4-2+/t12-/m0/s1. The van der Waals surface area contributed by atoms with E-state index in [1.807, 2.05) is 0 Å². The molecule has 0 bridgehead atoms. The summed E-state index contributed by atoms with van der Waals surface area (Å²) in [5.41, 5.74) is 0.326. The number of phenolic OH excluding ortho intramolecular Hbond substituents is 6. The molecule has 12 heteroatoms. The predicted octanol–water partition coefficient (Wildman–Crippen LogP) is 0.332. The molecule has 0 saturated heterocycles. The molecule has 0 aliphatic heterocycles. The number of carbonyl (C=O) groups excluding carboxylic acids is 2. The van der Waals surface area contributed by atoms with Crippen molar-refractivity contribution in [3.63, 3.8) is 0 Å². The number of aromatic hydroxyl groups is 6. The van der Waals surface area contributed by atoms with E-state index in [9.17, 15) is 50.1 Å². The second-order valence-corrected chi connectivity index (χ2v) is 6.63. The number of aliphatic carboxylic acids is 1. The molecule has 1 atom stereocenters. The van der Waals surface area contributed by atoms with E-state index in [2.05, 4.69) is 10.6 Å². The summed E-state index contributed by atoms with van der Waals surface area (Å²) in [5, 5.41) is 70.0. The monoisotopic (exact) mass is 460 g/mol. The third-order valence-electron chi connectivity index (χ3n) is 4.13. The number of carboxylic acid groups (broad SMARTS) is 1. The molecule has 2 amide bonds. The third kappa shape index (κ3) is 6.82. The molecule has 0 fully saturated rings. The molecule has 9 N–H and O–H groups in total. The van der Waals surface area contributed by atoms with Gasteiger partial charge in [0.1, 0.15) is 6.04 Å². The van der Waals surface area contributed by atoms with Crippen LogP contribution in [0.4, 0.5) is 0 Å². The number of rotatable bonds is 8. The molecule has 0 aliphatic carbocycles. The molecule has 2 aromatic rings. The van der Waals surface area contributed by atoms with Crippen molar-refractivity contribution in [1.82, 2.24) is 10.6 Å². The van der Waals surface area contributed by atoms with Gasteiger partial charge in [-0.05, 0) is 47.5 Å². The van der Waals surface area contributed by atoms with Crippen LogP contribution in [0.3, 0.4) is 0 Å². The van der Waals surface area contributed by atoms with Crippen LogP contribution < -0.4 is 10.6 Å². The van der Waals surface area contributed by atoms with Gasteiger partial charge in [-0.25, -0.2) is 4.79 Å². The van der Waals surface area contributed by atoms with E-state index < -0.39 is 64.9 Å². The average molecular weight is 460 g/mol. The lowest BCUT2D eigenvalue weighted by Gasteiger charge is -2.13. The fourth-order valence-corrected chi connectivity index (χ4v) is 2.47. The van der Waals surface area contributed by atoms with E-state index in [4.69, 9.17) is 0 Å². The zero-order valence-electron chi connectivity index (χ0n) is 16.8. The highest BCUT2D eigenvalue weighted by Crippen LogP contribution is 2.36. The van der Waals surface area contributed by atoms with Crippen molar-refractivity contribution in [2.45, 2.75) is 6.04 Å². The summed E-state index contributed by atoms with van der Waals surface area (Å²) in [6, 6.07) is 2.79. The van der Waals surface area contributed by atoms with Crippen molar-refractivity contribution >= 4 is 29.9 Å². The van der Waals surface area contributed by atoms with Gasteiger partial charge in [0.2, 0.25) is 11.8 Å². The first-order valence-electron chi connectivity index (χ1n) is 9.15. The summed E-state index contributed by atoms with van der Waals surface area (Å²) < 4.78 is 0. The topological polar surface area (TPSA) is 217 Å². The molecule has 0 unspecified atom stereocenters. The molecule has 2 rings (SSSR count). The molecule has 0 aliphatic rings. The number of benzene rings is 2. The van der Waals surface area contributed by atoms with Gasteiger partial charge >= 0.3 is 5.97 Å². The summed E-state index contributed by atoms with van der Waals surface area (Å²) >= 11 is 0. The Hall–Kier alpha value is -4.87.